The van der Waals surface area contributed by atoms with E-state index >= 15 is 0 Å². The molecular weight excluding hydrogens is 385 g/mol. The van der Waals surface area contributed by atoms with Gasteiger partial charge in [-0.2, -0.15) is 0 Å². The number of hydrogen-bond donors (Lipinski definition) is 2. The van der Waals surface area contributed by atoms with Crippen LogP contribution >= 0.6 is 0 Å². The summed E-state index contributed by atoms with van der Waals surface area (Å²) < 4.78 is 20.1. The number of guanidine groups is 1. The summed E-state index contributed by atoms with van der Waals surface area (Å²) in [5.41, 5.74) is 0.770. The molecule has 2 N–H and O–H groups in total. The Morgan fingerprint density at radius 1 is 1.27 bits per heavy atom. The van der Waals surface area contributed by atoms with E-state index in [4.69, 9.17) is 11.2 Å². The first-order chi connectivity index (χ1) is 14.2. The van der Waals surface area contributed by atoms with Gasteiger partial charge in [0, 0.05) is 32.7 Å². The maximum Gasteiger partial charge on any atom is 0.410 e. The van der Waals surface area contributed by atoms with E-state index in [1.165, 1.54) is 6.07 Å². The van der Waals surface area contributed by atoms with Crippen LogP contribution in [0.2, 0.25) is 0 Å². The number of nitrogens with one attached hydrogen (secondary N) is 2. The van der Waals surface area contributed by atoms with Crippen molar-refractivity contribution in [2.75, 3.05) is 44.2 Å². The molecule has 0 atom stereocenters. The van der Waals surface area contributed by atoms with Gasteiger partial charge in [-0.15, -0.1) is 6.42 Å². The van der Waals surface area contributed by atoms with Crippen LogP contribution in [-0.4, -0.2) is 61.8 Å². The summed E-state index contributed by atoms with van der Waals surface area (Å²) in [5, 5.41) is 6.10. The Morgan fingerprint density at radius 2 is 1.97 bits per heavy atom. The number of anilines is 1. The van der Waals surface area contributed by atoms with Crippen LogP contribution in [0.1, 0.15) is 33.3 Å². The van der Waals surface area contributed by atoms with E-state index in [1.54, 1.807) is 11.0 Å². The summed E-state index contributed by atoms with van der Waals surface area (Å²) in [4.78, 5) is 20.2. The normalized spacial score (nSPS) is 14.9. The molecule has 0 aromatic heterocycles. The van der Waals surface area contributed by atoms with Gasteiger partial charge in [-0.05, 0) is 45.4 Å². The number of halogens is 1. The van der Waals surface area contributed by atoms with Crippen molar-refractivity contribution in [2.45, 2.75) is 39.8 Å². The zero-order valence-electron chi connectivity index (χ0n) is 18.3. The Hall–Kier alpha value is -2.95. The van der Waals surface area contributed by atoms with Gasteiger partial charge in [0.15, 0.2) is 5.96 Å². The van der Waals surface area contributed by atoms with Crippen LogP contribution in [0.25, 0.3) is 0 Å². The predicted molar refractivity (Wildman–Crippen MR) is 118 cm³/mol. The van der Waals surface area contributed by atoms with Crippen LogP contribution in [-0.2, 0) is 11.3 Å². The fourth-order valence-electron chi connectivity index (χ4n) is 3.01. The molecule has 1 heterocycles. The first-order valence-electron chi connectivity index (χ1n) is 10.2. The maximum atomic E-state index is 14.7. The summed E-state index contributed by atoms with van der Waals surface area (Å²) in [6.07, 6.45) is 4.93. The first-order valence-corrected chi connectivity index (χ1v) is 10.2. The van der Waals surface area contributed by atoms with Crippen LogP contribution in [0, 0.1) is 18.2 Å². The standard InChI is InChI=1S/C22H32FN5O2/c1-6-10-25-20(24-7-2)26-16-17-8-9-19(18(23)15-17)27-11-13-28(14-12-27)21(29)30-22(3,4)5/h1,8-9,15H,7,10-14,16H2,2-5H3,(H2,24,25,26). The molecule has 164 valence electrons. The van der Waals surface area contributed by atoms with Crippen molar-refractivity contribution in [2.24, 2.45) is 4.99 Å². The predicted octanol–water partition coefficient (Wildman–Crippen LogP) is 2.57. The molecule has 1 aliphatic rings. The molecule has 0 saturated carbocycles. The number of benzene rings is 1. The quantitative estimate of drug-likeness (QED) is 0.438. The lowest BCUT2D eigenvalue weighted by molar-refractivity contribution is 0.0240. The van der Waals surface area contributed by atoms with Gasteiger partial charge in [0.1, 0.15) is 11.4 Å². The third-order valence-corrected chi connectivity index (χ3v) is 4.41. The number of piperazine rings is 1. The van der Waals surface area contributed by atoms with Crippen molar-refractivity contribution >= 4 is 17.7 Å². The van der Waals surface area contributed by atoms with Crippen LogP contribution < -0.4 is 15.5 Å². The monoisotopic (exact) mass is 417 g/mol. The van der Waals surface area contributed by atoms with Crippen molar-refractivity contribution in [3.63, 3.8) is 0 Å². The van der Waals surface area contributed by atoms with E-state index in [-0.39, 0.29) is 11.9 Å². The van der Waals surface area contributed by atoms with Crippen LogP contribution in [0.4, 0.5) is 14.9 Å². The highest BCUT2D eigenvalue weighted by molar-refractivity contribution is 5.80. The van der Waals surface area contributed by atoms with Gasteiger partial charge in [-0.25, -0.2) is 14.2 Å². The summed E-state index contributed by atoms with van der Waals surface area (Å²) in [6, 6.07) is 5.14. The molecule has 0 spiro atoms. The van der Waals surface area contributed by atoms with Crippen molar-refractivity contribution < 1.29 is 13.9 Å². The minimum Gasteiger partial charge on any atom is -0.444 e. The first kappa shape index (κ1) is 23.3. The van der Waals surface area contributed by atoms with E-state index in [9.17, 15) is 9.18 Å². The number of carbonyl (C=O) groups excluding carboxylic acids is 1. The molecule has 0 aliphatic carbocycles. The number of ether oxygens (including phenoxy) is 1. The van der Waals surface area contributed by atoms with Crippen molar-refractivity contribution in [1.29, 1.82) is 0 Å². The Balaban J connectivity index is 1.96. The topological polar surface area (TPSA) is 69.2 Å². The average Bonchev–Trinajstić information content (AvgIpc) is 2.69. The molecule has 0 unspecified atom stereocenters. The molecule has 1 fully saturated rings. The zero-order valence-corrected chi connectivity index (χ0v) is 18.3. The minimum absolute atomic E-state index is 0.296. The Morgan fingerprint density at radius 3 is 2.53 bits per heavy atom. The Kier molecular flexibility index (Phi) is 8.34. The number of rotatable bonds is 5. The van der Waals surface area contributed by atoms with E-state index in [2.05, 4.69) is 21.5 Å². The number of amides is 1. The molecule has 30 heavy (non-hydrogen) atoms. The van der Waals surface area contributed by atoms with E-state index in [1.807, 2.05) is 38.7 Å². The van der Waals surface area contributed by atoms with E-state index in [0.717, 1.165) is 5.56 Å². The summed E-state index contributed by atoms with van der Waals surface area (Å²) in [5.74, 6) is 2.80. The third kappa shape index (κ3) is 7.14. The second-order valence-electron chi connectivity index (χ2n) is 7.99. The number of aliphatic imine (C=N–C) groups is 1. The lowest BCUT2D eigenvalue weighted by atomic mass is 10.1. The Bertz CT molecular complexity index is 790. The van der Waals surface area contributed by atoms with Crippen LogP contribution in [0.5, 0.6) is 0 Å². The van der Waals surface area contributed by atoms with Gasteiger partial charge in [0.05, 0.1) is 18.8 Å². The van der Waals surface area contributed by atoms with Gasteiger partial charge in [0.2, 0.25) is 0 Å². The van der Waals surface area contributed by atoms with Gasteiger partial charge in [-0.3, -0.25) is 0 Å². The summed E-state index contributed by atoms with van der Waals surface area (Å²) >= 11 is 0. The van der Waals surface area contributed by atoms with Crippen molar-refractivity contribution in [1.82, 2.24) is 15.5 Å². The molecule has 2 rings (SSSR count). The molecule has 7 nitrogen and oxygen atoms in total. The third-order valence-electron chi connectivity index (χ3n) is 4.41. The molecule has 1 aliphatic heterocycles. The lowest BCUT2D eigenvalue weighted by Gasteiger charge is -2.36. The van der Waals surface area contributed by atoms with Gasteiger partial charge in [-0.1, -0.05) is 12.0 Å². The van der Waals surface area contributed by atoms with Crippen molar-refractivity contribution in [3.05, 3.63) is 29.6 Å². The van der Waals surface area contributed by atoms with Gasteiger partial charge >= 0.3 is 6.09 Å². The molecule has 1 aromatic carbocycles. The molecule has 1 saturated heterocycles. The SMILES string of the molecule is C#CCNC(=NCc1ccc(N2CCN(C(=O)OC(C)(C)C)CC2)c(F)c1)NCC. The number of hydrogen-bond acceptors (Lipinski definition) is 4. The van der Waals surface area contributed by atoms with E-state index < -0.39 is 5.60 Å². The van der Waals surface area contributed by atoms with E-state index in [0.29, 0.717) is 57.5 Å². The lowest BCUT2D eigenvalue weighted by Crippen LogP contribution is -2.50. The molecule has 1 aromatic rings. The second-order valence-corrected chi connectivity index (χ2v) is 7.99. The van der Waals surface area contributed by atoms with Gasteiger partial charge in [0.25, 0.3) is 0 Å². The Labute approximate surface area is 178 Å². The molecule has 0 bridgehead atoms. The number of carbonyl (C=O) groups is 1. The van der Waals surface area contributed by atoms with Crippen molar-refractivity contribution in [3.8, 4) is 12.3 Å². The molecular formula is C22H32FN5O2. The molecule has 1 amide bonds. The highest BCUT2D eigenvalue weighted by Gasteiger charge is 2.26. The molecule has 8 heteroatoms. The number of terminal acetylenes is 1. The fourth-order valence-corrected chi connectivity index (χ4v) is 3.01. The number of nitrogens with zero attached hydrogens (tertiary/aromatic N) is 3. The smallest absolute Gasteiger partial charge is 0.410 e. The summed E-state index contributed by atoms with van der Waals surface area (Å²) in [6.45, 7) is 11.0. The van der Waals surface area contributed by atoms with Crippen LogP contribution in [0.3, 0.4) is 0 Å². The fraction of sp³-hybridized carbons (Fsp3) is 0.545. The van der Waals surface area contributed by atoms with Gasteiger partial charge < -0.3 is 25.2 Å². The highest BCUT2D eigenvalue weighted by Crippen LogP contribution is 2.23. The minimum atomic E-state index is -0.526. The summed E-state index contributed by atoms with van der Waals surface area (Å²) in [7, 11) is 0. The average molecular weight is 418 g/mol. The zero-order chi connectivity index (χ0) is 22.1. The maximum absolute atomic E-state index is 14.7. The van der Waals surface area contributed by atoms with Crippen LogP contribution in [0.15, 0.2) is 23.2 Å². The second kappa shape index (κ2) is 10.7. The molecule has 0 radical (unpaired) electrons. The highest BCUT2D eigenvalue weighted by atomic mass is 19.1. The largest absolute Gasteiger partial charge is 0.444 e.